The molecule has 0 aliphatic rings. The van der Waals surface area contributed by atoms with Crippen LogP contribution in [0.25, 0.3) is 0 Å². The van der Waals surface area contributed by atoms with Gasteiger partial charge in [0.2, 0.25) is 0 Å². The van der Waals surface area contributed by atoms with E-state index < -0.39 is 17.9 Å². The highest BCUT2D eigenvalue weighted by atomic mass is 17.2. The van der Waals surface area contributed by atoms with Crippen LogP contribution in [0.3, 0.4) is 0 Å². The lowest BCUT2D eigenvalue weighted by Gasteiger charge is -2.11. The molecule has 0 aromatic heterocycles. The van der Waals surface area contributed by atoms with E-state index in [-0.39, 0.29) is 12.4 Å². The molecule has 0 heterocycles. The maximum Gasteiger partial charge on any atom is 0.343 e. The maximum absolute atomic E-state index is 13.2. The maximum atomic E-state index is 13.2. The predicted molar refractivity (Wildman–Crippen MR) is 212 cm³/mol. The molecule has 0 spiro atoms. The van der Waals surface area contributed by atoms with E-state index in [0.717, 1.165) is 74.3 Å². The number of ether oxygens (including phenoxy) is 5. The Morgan fingerprint density at radius 3 is 1.68 bits per heavy atom. The number of hydrogen-bond acceptors (Lipinski definition) is 10. The highest BCUT2D eigenvalue weighted by Crippen LogP contribution is 2.26. The summed E-state index contributed by atoms with van der Waals surface area (Å²) in [6.45, 7) is 8.86. The second kappa shape index (κ2) is 24.9. The summed E-state index contributed by atoms with van der Waals surface area (Å²) in [6.07, 6.45) is 9.46. The van der Waals surface area contributed by atoms with Crippen molar-refractivity contribution in [1.82, 2.24) is 0 Å². The molecule has 0 saturated carbocycles. The predicted octanol–water partition coefficient (Wildman–Crippen LogP) is 9.15. The van der Waals surface area contributed by atoms with Crippen LogP contribution in [0.15, 0.2) is 122 Å². The van der Waals surface area contributed by atoms with Crippen LogP contribution in [0.2, 0.25) is 0 Å². The second-order valence-electron chi connectivity index (χ2n) is 12.4. The van der Waals surface area contributed by atoms with Gasteiger partial charge in [0, 0.05) is 23.8 Å². The first-order valence-electron chi connectivity index (χ1n) is 18.7. The first-order chi connectivity index (χ1) is 27.4. The summed E-state index contributed by atoms with van der Waals surface area (Å²) in [5, 5.41) is 0. The van der Waals surface area contributed by atoms with Crippen LogP contribution in [0.5, 0.6) is 23.0 Å². The van der Waals surface area contributed by atoms with E-state index in [2.05, 4.69) is 25.0 Å². The Hall–Kier alpha value is -6.31. The lowest BCUT2D eigenvalue weighted by molar-refractivity contribution is -0.217. The van der Waals surface area contributed by atoms with Gasteiger partial charge in [-0.05, 0) is 118 Å². The van der Waals surface area contributed by atoms with E-state index in [0.29, 0.717) is 49.1 Å². The van der Waals surface area contributed by atoms with Crippen molar-refractivity contribution >= 4 is 17.9 Å². The lowest BCUT2D eigenvalue weighted by atomic mass is 10.1. The largest absolute Gasteiger partial charge is 0.494 e. The first kappa shape index (κ1) is 42.4. The lowest BCUT2D eigenvalue weighted by Crippen LogP contribution is -2.09. The molecule has 0 amide bonds. The summed E-state index contributed by atoms with van der Waals surface area (Å²) in [5.41, 5.74) is 2.49. The second-order valence-corrected chi connectivity index (χ2v) is 12.4. The fourth-order valence-electron chi connectivity index (χ4n) is 5.06. The van der Waals surface area contributed by atoms with Crippen LogP contribution in [0.1, 0.15) is 78.4 Å². The first-order valence-corrected chi connectivity index (χ1v) is 18.7. The van der Waals surface area contributed by atoms with Gasteiger partial charge in [-0.3, -0.25) is 0 Å². The Morgan fingerprint density at radius 2 is 1.11 bits per heavy atom. The number of carbonyl (C=O) groups is 3. The SMILES string of the molecule is C=CC(=O)OCCCCCCOc1ccc(COOc2ccc(OC(=O)c3ccc(OCCCCCCOC(=O)C=C)cc3)c(C#Cc3ccccc3)c2)cc1. The van der Waals surface area contributed by atoms with E-state index in [1.54, 1.807) is 42.5 Å². The highest BCUT2D eigenvalue weighted by molar-refractivity contribution is 5.91. The van der Waals surface area contributed by atoms with Gasteiger partial charge in [0.1, 0.15) is 23.9 Å². The van der Waals surface area contributed by atoms with Crippen molar-refractivity contribution in [1.29, 1.82) is 0 Å². The average molecular weight is 761 g/mol. The third-order valence-electron chi connectivity index (χ3n) is 8.10. The molecule has 4 aromatic rings. The van der Waals surface area contributed by atoms with E-state index >= 15 is 0 Å². The summed E-state index contributed by atoms with van der Waals surface area (Å²) in [7, 11) is 0. The highest BCUT2D eigenvalue weighted by Gasteiger charge is 2.13. The minimum atomic E-state index is -0.544. The van der Waals surface area contributed by atoms with Gasteiger partial charge in [-0.25, -0.2) is 14.4 Å². The number of benzene rings is 4. The van der Waals surface area contributed by atoms with Gasteiger partial charge in [-0.1, -0.05) is 55.3 Å². The van der Waals surface area contributed by atoms with Crippen molar-refractivity contribution < 1.29 is 47.8 Å². The van der Waals surface area contributed by atoms with Crippen LogP contribution in [-0.2, 0) is 30.6 Å². The van der Waals surface area contributed by atoms with E-state index in [9.17, 15) is 14.4 Å². The number of unbranched alkanes of at least 4 members (excludes halogenated alkanes) is 6. The standard InChI is InChI=1S/C46H48O10/c1-3-44(47)52-32-14-7-5-12-30-50-40-24-19-37(20-25-40)35-54-56-42-28-29-43(39(34-42)21-18-36-16-10-9-11-17-36)55-46(49)38-22-26-41(27-23-38)51-31-13-6-8-15-33-53-45(48)4-2/h3-4,9-11,16-17,19-20,22-29,34H,1-2,5-8,12-15,30-33,35H2. The van der Waals surface area contributed by atoms with Crippen molar-refractivity contribution in [2.75, 3.05) is 26.4 Å². The smallest absolute Gasteiger partial charge is 0.343 e. The molecule has 0 aliphatic heterocycles. The van der Waals surface area contributed by atoms with Crippen molar-refractivity contribution in [2.45, 2.75) is 58.0 Å². The molecule has 0 saturated heterocycles. The van der Waals surface area contributed by atoms with Crippen LogP contribution < -0.4 is 19.1 Å². The van der Waals surface area contributed by atoms with Gasteiger partial charge in [0.15, 0.2) is 5.75 Å². The Bertz CT molecular complexity index is 1890. The molecule has 4 rings (SSSR count). The van der Waals surface area contributed by atoms with Crippen LogP contribution >= 0.6 is 0 Å². The van der Waals surface area contributed by atoms with E-state index in [4.69, 9.17) is 33.5 Å². The van der Waals surface area contributed by atoms with Gasteiger partial charge in [0.25, 0.3) is 0 Å². The number of hydrogen-bond donors (Lipinski definition) is 0. The number of rotatable bonds is 24. The van der Waals surface area contributed by atoms with E-state index in [1.165, 1.54) is 6.08 Å². The molecule has 56 heavy (non-hydrogen) atoms. The minimum absolute atomic E-state index is 0.188. The quantitative estimate of drug-likeness (QED) is 0.0130. The normalized spacial score (nSPS) is 10.3. The Kier molecular flexibility index (Phi) is 18.9. The Balaban J connectivity index is 1.24. The summed E-state index contributed by atoms with van der Waals surface area (Å²) in [6, 6.07) is 28.8. The molecular formula is C46H48O10. The number of carbonyl (C=O) groups excluding carboxylic acids is 3. The molecule has 0 N–H and O–H groups in total. The number of esters is 3. The molecule has 10 heteroatoms. The Labute approximate surface area is 328 Å². The van der Waals surface area contributed by atoms with Gasteiger partial charge in [-0.15, -0.1) is 0 Å². The third-order valence-corrected chi connectivity index (χ3v) is 8.10. The van der Waals surface area contributed by atoms with Crippen molar-refractivity contribution in [3.63, 3.8) is 0 Å². The Morgan fingerprint density at radius 1 is 0.571 bits per heavy atom. The van der Waals surface area contributed by atoms with Gasteiger partial charge in [-0.2, -0.15) is 4.89 Å². The molecule has 0 fully saturated rings. The summed E-state index contributed by atoms with van der Waals surface area (Å²) >= 11 is 0. The molecule has 292 valence electrons. The average Bonchev–Trinajstić information content (AvgIpc) is 3.23. The molecular weight excluding hydrogens is 712 g/mol. The molecule has 4 aromatic carbocycles. The zero-order chi connectivity index (χ0) is 39.6. The minimum Gasteiger partial charge on any atom is -0.494 e. The zero-order valence-corrected chi connectivity index (χ0v) is 31.6. The van der Waals surface area contributed by atoms with Gasteiger partial charge < -0.3 is 28.6 Å². The van der Waals surface area contributed by atoms with E-state index in [1.807, 2.05) is 54.6 Å². The fourth-order valence-corrected chi connectivity index (χ4v) is 5.06. The monoisotopic (exact) mass is 760 g/mol. The third kappa shape index (κ3) is 16.4. The molecule has 0 unspecified atom stereocenters. The van der Waals surface area contributed by atoms with Crippen molar-refractivity contribution in [2.24, 2.45) is 0 Å². The van der Waals surface area contributed by atoms with Crippen LogP contribution in [-0.4, -0.2) is 44.3 Å². The molecule has 0 aliphatic carbocycles. The summed E-state index contributed by atoms with van der Waals surface area (Å²) < 4.78 is 27.4. The van der Waals surface area contributed by atoms with Crippen molar-refractivity contribution in [3.05, 3.63) is 145 Å². The van der Waals surface area contributed by atoms with Crippen LogP contribution in [0, 0.1) is 11.8 Å². The fraction of sp³-hybridized carbons (Fsp3) is 0.283. The summed E-state index contributed by atoms with van der Waals surface area (Å²) in [5.74, 6) is 6.93. The van der Waals surface area contributed by atoms with Gasteiger partial charge in [0.05, 0.1) is 37.6 Å². The zero-order valence-electron chi connectivity index (χ0n) is 31.6. The summed E-state index contributed by atoms with van der Waals surface area (Å²) in [4.78, 5) is 46.4. The van der Waals surface area contributed by atoms with Crippen molar-refractivity contribution in [3.8, 4) is 34.8 Å². The topological polar surface area (TPSA) is 116 Å². The molecule has 0 radical (unpaired) electrons. The van der Waals surface area contributed by atoms with Gasteiger partial charge >= 0.3 is 17.9 Å². The molecule has 0 atom stereocenters. The molecule has 0 bridgehead atoms. The molecule has 10 nitrogen and oxygen atoms in total. The van der Waals surface area contributed by atoms with Crippen LogP contribution in [0.4, 0.5) is 0 Å².